The molecule has 1 aliphatic heterocycles. The van der Waals surface area contributed by atoms with Gasteiger partial charge >= 0.3 is 0 Å². The van der Waals surface area contributed by atoms with Crippen molar-refractivity contribution in [1.29, 1.82) is 0 Å². The molecule has 0 aromatic carbocycles. The van der Waals surface area contributed by atoms with Crippen molar-refractivity contribution in [3.8, 4) is 0 Å². The third kappa shape index (κ3) is 4.09. The smallest absolute Gasteiger partial charge is 0.171 e. The number of thiazole rings is 1. The number of nitrogens with zero attached hydrogens (tertiary/aromatic N) is 3. The van der Waals surface area contributed by atoms with Gasteiger partial charge in [0.05, 0.1) is 22.2 Å². The second-order valence-electron chi connectivity index (χ2n) is 5.27. The maximum Gasteiger partial charge on any atom is 0.171 e. The number of carbonyl (C=O) groups is 1. The van der Waals surface area contributed by atoms with Crippen LogP contribution in [0.2, 0.25) is 0 Å². The number of hydrogen-bond donors (Lipinski definition) is 0. The van der Waals surface area contributed by atoms with Crippen molar-refractivity contribution in [2.24, 2.45) is 0 Å². The molecule has 0 saturated carbocycles. The van der Waals surface area contributed by atoms with Crippen molar-refractivity contribution < 1.29 is 9.53 Å². The SMILES string of the molecule is COCc1nc(CCN2CCN(C)CC2)sc1C(C)=O. The van der Waals surface area contributed by atoms with Crippen LogP contribution in [0, 0.1) is 0 Å². The van der Waals surface area contributed by atoms with Crippen LogP contribution in [0.4, 0.5) is 0 Å². The molecule has 1 aromatic rings. The van der Waals surface area contributed by atoms with Crippen LogP contribution in [-0.4, -0.2) is 67.4 Å². The summed E-state index contributed by atoms with van der Waals surface area (Å²) >= 11 is 1.52. The Labute approximate surface area is 124 Å². The summed E-state index contributed by atoms with van der Waals surface area (Å²) in [5.41, 5.74) is 0.790. The first kappa shape index (κ1) is 15.6. The number of ether oxygens (including phenoxy) is 1. The Hall–Kier alpha value is -0.820. The summed E-state index contributed by atoms with van der Waals surface area (Å²) in [5.74, 6) is 0.0837. The lowest BCUT2D eigenvalue weighted by atomic mass is 10.3. The molecule has 0 radical (unpaired) electrons. The highest BCUT2D eigenvalue weighted by Gasteiger charge is 2.17. The minimum atomic E-state index is 0.0837. The Morgan fingerprint density at radius 1 is 1.35 bits per heavy atom. The molecule has 1 saturated heterocycles. The standard InChI is InChI=1S/C14H23N3O2S/c1-11(18)14-12(10-19-3)15-13(20-14)4-5-17-8-6-16(2)7-9-17/h4-10H2,1-3H3. The predicted molar refractivity (Wildman–Crippen MR) is 80.5 cm³/mol. The summed E-state index contributed by atoms with van der Waals surface area (Å²) in [6, 6.07) is 0. The summed E-state index contributed by atoms with van der Waals surface area (Å²) in [6.07, 6.45) is 0.915. The fourth-order valence-electron chi connectivity index (χ4n) is 2.34. The zero-order valence-electron chi connectivity index (χ0n) is 12.5. The van der Waals surface area contributed by atoms with Crippen LogP contribution in [0.1, 0.15) is 27.3 Å². The van der Waals surface area contributed by atoms with E-state index in [9.17, 15) is 4.79 Å². The molecule has 0 amide bonds. The molecule has 1 aliphatic rings. The number of methoxy groups -OCH3 is 1. The molecule has 0 N–H and O–H groups in total. The van der Waals surface area contributed by atoms with E-state index in [-0.39, 0.29) is 5.78 Å². The first-order valence-corrected chi connectivity index (χ1v) is 7.81. The zero-order valence-corrected chi connectivity index (χ0v) is 13.3. The second-order valence-corrected chi connectivity index (χ2v) is 6.35. The predicted octanol–water partition coefficient (Wildman–Crippen LogP) is 1.28. The Bertz CT molecular complexity index is 453. The van der Waals surface area contributed by atoms with Crippen molar-refractivity contribution >= 4 is 17.1 Å². The summed E-state index contributed by atoms with van der Waals surface area (Å²) in [4.78, 5) is 21.7. The van der Waals surface area contributed by atoms with E-state index in [1.54, 1.807) is 14.0 Å². The van der Waals surface area contributed by atoms with E-state index in [2.05, 4.69) is 21.8 Å². The monoisotopic (exact) mass is 297 g/mol. The van der Waals surface area contributed by atoms with Gasteiger partial charge < -0.3 is 14.5 Å². The minimum absolute atomic E-state index is 0.0837. The van der Waals surface area contributed by atoms with E-state index in [4.69, 9.17) is 4.74 Å². The molecule has 112 valence electrons. The van der Waals surface area contributed by atoms with E-state index in [1.807, 2.05) is 0 Å². The number of Topliss-reactive ketones (excluding diaryl/α,β-unsaturated/α-hetero) is 1. The molecule has 1 fully saturated rings. The summed E-state index contributed by atoms with van der Waals surface area (Å²) in [7, 11) is 3.79. The normalized spacial score (nSPS) is 17.6. The van der Waals surface area contributed by atoms with Gasteiger partial charge in [0.15, 0.2) is 5.78 Å². The van der Waals surface area contributed by atoms with E-state index in [1.165, 1.54) is 11.3 Å². The van der Waals surface area contributed by atoms with Crippen LogP contribution in [-0.2, 0) is 17.8 Å². The van der Waals surface area contributed by atoms with Crippen LogP contribution in [0.15, 0.2) is 0 Å². The Morgan fingerprint density at radius 3 is 2.65 bits per heavy atom. The number of carbonyl (C=O) groups excluding carboxylic acids is 1. The fourth-order valence-corrected chi connectivity index (χ4v) is 3.29. The summed E-state index contributed by atoms with van der Waals surface area (Å²) in [5, 5.41) is 1.04. The average molecular weight is 297 g/mol. The highest BCUT2D eigenvalue weighted by atomic mass is 32.1. The van der Waals surface area contributed by atoms with Gasteiger partial charge in [-0.1, -0.05) is 0 Å². The van der Waals surface area contributed by atoms with E-state index in [0.717, 1.165) is 54.7 Å². The lowest BCUT2D eigenvalue weighted by Gasteiger charge is -2.32. The maximum absolute atomic E-state index is 11.6. The van der Waals surface area contributed by atoms with Crippen molar-refractivity contribution in [1.82, 2.24) is 14.8 Å². The van der Waals surface area contributed by atoms with Crippen molar-refractivity contribution in [2.75, 3.05) is 46.9 Å². The molecule has 2 rings (SSSR count). The van der Waals surface area contributed by atoms with Crippen LogP contribution < -0.4 is 0 Å². The molecule has 6 heteroatoms. The van der Waals surface area contributed by atoms with Crippen LogP contribution in [0.25, 0.3) is 0 Å². The Balaban J connectivity index is 1.92. The molecule has 1 aromatic heterocycles. The minimum Gasteiger partial charge on any atom is -0.378 e. The van der Waals surface area contributed by atoms with Gasteiger partial charge in [-0.25, -0.2) is 4.98 Å². The third-order valence-electron chi connectivity index (χ3n) is 3.58. The molecular formula is C14H23N3O2S. The van der Waals surface area contributed by atoms with Gasteiger partial charge in [-0.05, 0) is 7.05 Å². The van der Waals surface area contributed by atoms with E-state index in [0.29, 0.717) is 6.61 Å². The molecule has 0 atom stereocenters. The lowest BCUT2D eigenvalue weighted by molar-refractivity contribution is 0.101. The maximum atomic E-state index is 11.6. The Morgan fingerprint density at radius 2 is 2.05 bits per heavy atom. The van der Waals surface area contributed by atoms with E-state index < -0.39 is 0 Å². The Kier molecular flexibility index (Phi) is 5.65. The van der Waals surface area contributed by atoms with Gasteiger partial charge in [-0.3, -0.25) is 4.79 Å². The van der Waals surface area contributed by atoms with Gasteiger partial charge in [0.25, 0.3) is 0 Å². The molecule has 2 heterocycles. The van der Waals surface area contributed by atoms with Crippen molar-refractivity contribution in [3.05, 3.63) is 15.6 Å². The number of rotatable bonds is 6. The van der Waals surface area contributed by atoms with E-state index >= 15 is 0 Å². The summed E-state index contributed by atoms with van der Waals surface area (Å²) < 4.78 is 5.11. The number of piperazine rings is 1. The molecule has 0 spiro atoms. The van der Waals surface area contributed by atoms with Crippen LogP contribution in [0.3, 0.4) is 0 Å². The molecule has 5 nitrogen and oxygen atoms in total. The third-order valence-corrected chi connectivity index (χ3v) is 4.84. The fraction of sp³-hybridized carbons (Fsp3) is 0.714. The van der Waals surface area contributed by atoms with Gasteiger partial charge in [0, 0.05) is 53.2 Å². The second kappa shape index (κ2) is 7.26. The van der Waals surface area contributed by atoms with Crippen molar-refractivity contribution in [3.63, 3.8) is 0 Å². The van der Waals surface area contributed by atoms with Gasteiger partial charge in [-0.15, -0.1) is 11.3 Å². The average Bonchev–Trinajstić information content (AvgIpc) is 2.82. The molecule has 0 unspecified atom stereocenters. The summed E-state index contributed by atoms with van der Waals surface area (Å²) in [6.45, 7) is 7.53. The zero-order chi connectivity index (χ0) is 14.5. The lowest BCUT2D eigenvalue weighted by Crippen LogP contribution is -2.45. The topological polar surface area (TPSA) is 45.7 Å². The quantitative estimate of drug-likeness (QED) is 0.740. The highest BCUT2D eigenvalue weighted by molar-refractivity contribution is 7.13. The number of aromatic nitrogens is 1. The van der Waals surface area contributed by atoms with Gasteiger partial charge in [0.2, 0.25) is 0 Å². The highest BCUT2D eigenvalue weighted by Crippen LogP contribution is 2.21. The number of likely N-dealkylation sites (N-methyl/N-ethyl adjacent to an activating group) is 1. The first-order chi connectivity index (χ1) is 9.60. The van der Waals surface area contributed by atoms with Crippen molar-refractivity contribution in [2.45, 2.75) is 20.0 Å². The van der Waals surface area contributed by atoms with Crippen LogP contribution in [0.5, 0.6) is 0 Å². The number of hydrogen-bond acceptors (Lipinski definition) is 6. The largest absolute Gasteiger partial charge is 0.378 e. The number of ketones is 1. The molecule has 20 heavy (non-hydrogen) atoms. The molecular weight excluding hydrogens is 274 g/mol. The first-order valence-electron chi connectivity index (χ1n) is 6.99. The molecule has 0 aliphatic carbocycles. The van der Waals surface area contributed by atoms with Crippen LogP contribution >= 0.6 is 11.3 Å². The molecule has 0 bridgehead atoms. The van der Waals surface area contributed by atoms with Gasteiger partial charge in [-0.2, -0.15) is 0 Å². The van der Waals surface area contributed by atoms with Gasteiger partial charge in [0.1, 0.15) is 0 Å².